The first-order chi connectivity index (χ1) is 7.11. The molecular weight excluding hydrogens is 190 g/mol. The summed E-state index contributed by atoms with van der Waals surface area (Å²) < 4.78 is 0. The SMILES string of the molecule is CCCCCC(C)(C(=O)O)C1CCNC1. The van der Waals surface area contributed by atoms with Gasteiger partial charge in [0.1, 0.15) is 0 Å². The number of carboxylic acids is 1. The van der Waals surface area contributed by atoms with Crippen LogP contribution in [0.5, 0.6) is 0 Å². The zero-order chi connectivity index (χ0) is 11.3. The molecule has 1 aliphatic rings. The molecule has 88 valence electrons. The number of aliphatic carboxylic acids is 1. The van der Waals surface area contributed by atoms with Crippen LogP contribution in [-0.2, 0) is 4.79 Å². The van der Waals surface area contributed by atoms with Gasteiger partial charge in [-0.05, 0) is 38.8 Å². The van der Waals surface area contributed by atoms with Gasteiger partial charge in [-0.2, -0.15) is 0 Å². The zero-order valence-electron chi connectivity index (χ0n) is 9.88. The molecule has 0 aromatic rings. The van der Waals surface area contributed by atoms with E-state index in [0.29, 0.717) is 5.92 Å². The highest BCUT2D eigenvalue weighted by Crippen LogP contribution is 2.37. The van der Waals surface area contributed by atoms with Crippen LogP contribution in [0.1, 0.15) is 46.0 Å². The highest BCUT2D eigenvalue weighted by atomic mass is 16.4. The van der Waals surface area contributed by atoms with Crippen molar-refractivity contribution in [3.63, 3.8) is 0 Å². The van der Waals surface area contributed by atoms with E-state index >= 15 is 0 Å². The molecule has 1 aliphatic heterocycles. The molecule has 1 heterocycles. The van der Waals surface area contributed by atoms with Gasteiger partial charge >= 0.3 is 5.97 Å². The molecular formula is C12H23NO2. The Hall–Kier alpha value is -0.570. The van der Waals surface area contributed by atoms with Crippen LogP contribution in [-0.4, -0.2) is 24.2 Å². The Bertz CT molecular complexity index is 212. The third-order valence-corrected chi connectivity index (χ3v) is 3.75. The summed E-state index contributed by atoms with van der Waals surface area (Å²) >= 11 is 0. The second-order valence-electron chi connectivity index (χ2n) is 4.87. The van der Waals surface area contributed by atoms with E-state index in [4.69, 9.17) is 0 Å². The molecule has 2 unspecified atom stereocenters. The van der Waals surface area contributed by atoms with Gasteiger partial charge in [0, 0.05) is 0 Å². The number of unbranched alkanes of at least 4 members (excludes halogenated alkanes) is 2. The summed E-state index contributed by atoms with van der Waals surface area (Å²) in [5.41, 5.74) is -0.515. The average molecular weight is 213 g/mol. The minimum absolute atomic E-state index is 0.312. The van der Waals surface area contributed by atoms with Crippen LogP contribution in [0.4, 0.5) is 0 Å². The molecule has 0 saturated carbocycles. The molecule has 0 aliphatic carbocycles. The fourth-order valence-corrected chi connectivity index (χ4v) is 2.43. The monoisotopic (exact) mass is 213 g/mol. The van der Waals surface area contributed by atoms with Gasteiger partial charge in [-0.1, -0.05) is 26.2 Å². The lowest BCUT2D eigenvalue weighted by molar-refractivity contribution is -0.151. The summed E-state index contributed by atoms with van der Waals surface area (Å²) in [6.07, 6.45) is 5.16. The van der Waals surface area contributed by atoms with E-state index in [0.717, 1.165) is 45.2 Å². The van der Waals surface area contributed by atoms with Gasteiger partial charge in [-0.25, -0.2) is 0 Å². The van der Waals surface area contributed by atoms with E-state index in [9.17, 15) is 9.90 Å². The second kappa shape index (κ2) is 5.50. The summed E-state index contributed by atoms with van der Waals surface area (Å²) in [7, 11) is 0. The summed E-state index contributed by atoms with van der Waals surface area (Å²) in [5.74, 6) is -0.306. The summed E-state index contributed by atoms with van der Waals surface area (Å²) in [4.78, 5) is 11.4. The lowest BCUT2D eigenvalue weighted by atomic mass is 9.73. The van der Waals surface area contributed by atoms with Crippen LogP contribution in [0.3, 0.4) is 0 Å². The van der Waals surface area contributed by atoms with Crippen molar-refractivity contribution < 1.29 is 9.90 Å². The molecule has 0 amide bonds. The number of rotatable bonds is 6. The highest BCUT2D eigenvalue weighted by Gasteiger charge is 2.41. The molecule has 1 fully saturated rings. The minimum Gasteiger partial charge on any atom is -0.481 e. The Labute approximate surface area is 92.3 Å². The molecule has 15 heavy (non-hydrogen) atoms. The van der Waals surface area contributed by atoms with Crippen molar-refractivity contribution in [2.24, 2.45) is 11.3 Å². The number of hydrogen-bond donors (Lipinski definition) is 2. The van der Waals surface area contributed by atoms with Gasteiger partial charge in [0.2, 0.25) is 0 Å². The molecule has 0 aromatic heterocycles. The number of carbonyl (C=O) groups is 1. The van der Waals surface area contributed by atoms with Crippen molar-refractivity contribution in [2.45, 2.75) is 46.0 Å². The van der Waals surface area contributed by atoms with Crippen LogP contribution < -0.4 is 5.32 Å². The maximum absolute atomic E-state index is 11.4. The van der Waals surface area contributed by atoms with Crippen molar-refractivity contribution in [3.8, 4) is 0 Å². The normalized spacial score (nSPS) is 25.1. The maximum atomic E-state index is 11.4. The van der Waals surface area contributed by atoms with Crippen LogP contribution in [0, 0.1) is 11.3 Å². The Morgan fingerprint density at radius 3 is 2.73 bits per heavy atom. The maximum Gasteiger partial charge on any atom is 0.309 e. The van der Waals surface area contributed by atoms with Gasteiger partial charge in [0.05, 0.1) is 5.41 Å². The highest BCUT2D eigenvalue weighted by molar-refractivity contribution is 5.74. The molecule has 0 spiro atoms. The third kappa shape index (κ3) is 2.94. The van der Waals surface area contributed by atoms with Gasteiger partial charge in [0.25, 0.3) is 0 Å². The first-order valence-electron chi connectivity index (χ1n) is 6.05. The second-order valence-corrected chi connectivity index (χ2v) is 4.87. The Balaban J connectivity index is 2.56. The molecule has 3 heteroatoms. The summed E-state index contributed by atoms with van der Waals surface area (Å²) in [6, 6.07) is 0. The van der Waals surface area contributed by atoms with Crippen LogP contribution in [0.2, 0.25) is 0 Å². The van der Waals surface area contributed by atoms with Crippen molar-refractivity contribution in [1.29, 1.82) is 0 Å². The minimum atomic E-state index is -0.618. The van der Waals surface area contributed by atoms with E-state index in [1.165, 1.54) is 0 Å². The molecule has 2 N–H and O–H groups in total. The summed E-state index contributed by atoms with van der Waals surface area (Å²) in [5, 5.41) is 12.6. The topological polar surface area (TPSA) is 49.3 Å². The molecule has 1 saturated heterocycles. The zero-order valence-corrected chi connectivity index (χ0v) is 9.88. The number of nitrogens with one attached hydrogen (secondary N) is 1. The van der Waals surface area contributed by atoms with Crippen molar-refractivity contribution in [2.75, 3.05) is 13.1 Å². The smallest absolute Gasteiger partial charge is 0.309 e. The quantitative estimate of drug-likeness (QED) is 0.665. The average Bonchev–Trinajstić information content (AvgIpc) is 2.70. The lowest BCUT2D eigenvalue weighted by Crippen LogP contribution is -2.37. The van der Waals surface area contributed by atoms with Crippen LogP contribution in [0.15, 0.2) is 0 Å². The van der Waals surface area contributed by atoms with Gasteiger partial charge in [-0.15, -0.1) is 0 Å². The van der Waals surface area contributed by atoms with E-state index in [1.54, 1.807) is 0 Å². The molecule has 3 nitrogen and oxygen atoms in total. The number of hydrogen-bond acceptors (Lipinski definition) is 2. The third-order valence-electron chi connectivity index (χ3n) is 3.75. The standard InChI is InChI=1S/C12H23NO2/c1-3-4-5-7-12(2,11(14)15)10-6-8-13-9-10/h10,13H,3-9H2,1-2H3,(H,14,15). The summed E-state index contributed by atoms with van der Waals surface area (Å²) in [6.45, 7) is 5.91. The Morgan fingerprint density at radius 1 is 1.53 bits per heavy atom. The van der Waals surface area contributed by atoms with E-state index in [1.807, 2.05) is 6.92 Å². The van der Waals surface area contributed by atoms with Gasteiger partial charge < -0.3 is 10.4 Å². The van der Waals surface area contributed by atoms with Crippen molar-refractivity contribution >= 4 is 5.97 Å². The van der Waals surface area contributed by atoms with E-state index < -0.39 is 11.4 Å². The van der Waals surface area contributed by atoms with Gasteiger partial charge in [0.15, 0.2) is 0 Å². The van der Waals surface area contributed by atoms with Gasteiger partial charge in [-0.3, -0.25) is 4.79 Å². The Kier molecular flexibility index (Phi) is 4.58. The molecule has 2 atom stereocenters. The molecule has 1 rings (SSSR count). The molecule has 0 radical (unpaired) electrons. The van der Waals surface area contributed by atoms with Crippen LogP contribution in [0.25, 0.3) is 0 Å². The fourth-order valence-electron chi connectivity index (χ4n) is 2.43. The Morgan fingerprint density at radius 2 is 2.27 bits per heavy atom. The predicted molar refractivity (Wildman–Crippen MR) is 60.9 cm³/mol. The van der Waals surface area contributed by atoms with Crippen LogP contribution >= 0.6 is 0 Å². The van der Waals surface area contributed by atoms with E-state index in [2.05, 4.69) is 12.2 Å². The number of carboxylic acid groups (broad SMARTS) is 1. The van der Waals surface area contributed by atoms with Crippen molar-refractivity contribution in [1.82, 2.24) is 5.32 Å². The largest absolute Gasteiger partial charge is 0.481 e. The molecule has 0 bridgehead atoms. The van der Waals surface area contributed by atoms with E-state index in [-0.39, 0.29) is 0 Å². The molecule has 0 aromatic carbocycles. The predicted octanol–water partition coefficient (Wildman–Crippen LogP) is 2.27. The van der Waals surface area contributed by atoms with Crippen molar-refractivity contribution in [3.05, 3.63) is 0 Å². The fraction of sp³-hybridized carbons (Fsp3) is 0.917. The first kappa shape index (κ1) is 12.5. The lowest BCUT2D eigenvalue weighted by Gasteiger charge is -2.30. The first-order valence-corrected chi connectivity index (χ1v) is 6.05.